The van der Waals surface area contributed by atoms with Crippen LogP contribution in [0.3, 0.4) is 0 Å². The Hall–Kier alpha value is -2.48. The number of hydrogen-bond acceptors (Lipinski definition) is 6. The highest BCUT2D eigenvalue weighted by Crippen LogP contribution is 2.73. The largest absolute Gasteiger partial charge is 0.497 e. The zero-order valence-corrected chi connectivity index (χ0v) is 17.3. The van der Waals surface area contributed by atoms with Crippen molar-refractivity contribution >= 4 is 16.8 Å². The average molecular weight is 407 g/mol. The molecule has 4 heterocycles. The van der Waals surface area contributed by atoms with Gasteiger partial charge in [-0.15, -0.1) is 6.58 Å². The standard InChI is InChI=1S/C23H25N3O4/c1-5-16-19(29-3)20(30-4)23-11-22(23)14-9-12-8-13(28-2)6-7-15(12)24-18(14)21(27)25-17(22)10-26(16)23/h5-9,16-17,19-20H,1,10-11H2,2-4H3,(H,25,27)/t16-,17+,19-,20+,22?,23?/m1/s1. The molecule has 6 atom stereocenters. The van der Waals surface area contributed by atoms with Crippen LogP contribution in [-0.2, 0) is 14.9 Å². The lowest BCUT2D eigenvalue weighted by molar-refractivity contribution is -0.0313. The fraction of sp³-hybridized carbons (Fsp3) is 0.478. The number of fused-ring (bicyclic) bond motifs is 2. The molecule has 156 valence electrons. The fourth-order valence-corrected chi connectivity index (χ4v) is 6.77. The zero-order chi connectivity index (χ0) is 20.8. The van der Waals surface area contributed by atoms with Crippen LogP contribution in [0.4, 0.5) is 0 Å². The van der Waals surface area contributed by atoms with Gasteiger partial charge in [-0.25, -0.2) is 4.98 Å². The lowest BCUT2D eigenvalue weighted by Crippen LogP contribution is -2.53. The van der Waals surface area contributed by atoms with Crippen molar-refractivity contribution in [2.45, 2.75) is 41.7 Å². The first kappa shape index (κ1) is 18.3. The Morgan fingerprint density at radius 2 is 2.10 bits per heavy atom. The molecule has 1 amide bonds. The molecule has 6 rings (SSSR count). The van der Waals surface area contributed by atoms with E-state index in [1.807, 2.05) is 24.3 Å². The number of pyridine rings is 1. The summed E-state index contributed by atoms with van der Waals surface area (Å²) in [6, 6.07) is 7.95. The molecule has 30 heavy (non-hydrogen) atoms. The third-order valence-corrected chi connectivity index (χ3v) is 7.94. The molecule has 3 fully saturated rings. The summed E-state index contributed by atoms with van der Waals surface area (Å²) in [6.07, 6.45) is 2.64. The molecule has 1 N–H and O–H groups in total. The number of rotatable bonds is 4. The third kappa shape index (κ3) is 1.83. The average Bonchev–Trinajstić information content (AvgIpc) is 3.26. The van der Waals surface area contributed by atoms with Crippen molar-refractivity contribution in [2.75, 3.05) is 27.9 Å². The number of ether oxygens (including phenoxy) is 3. The van der Waals surface area contributed by atoms with Gasteiger partial charge in [-0.05, 0) is 36.2 Å². The highest BCUT2D eigenvalue weighted by atomic mass is 16.5. The maximum Gasteiger partial charge on any atom is 0.270 e. The molecule has 3 aliphatic heterocycles. The molecule has 2 aromatic rings. The monoisotopic (exact) mass is 407 g/mol. The molecular weight excluding hydrogens is 382 g/mol. The van der Waals surface area contributed by atoms with Gasteiger partial charge in [-0.1, -0.05) is 6.08 Å². The number of nitrogens with one attached hydrogen (secondary N) is 1. The van der Waals surface area contributed by atoms with Gasteiger partial charge in [0.1, 0.15) is 23.7 Å². The Morgan fingerprint density at radius 3 is 2.80 bits per heavy atom. The number of nitrogens with zero attached hydrogens (tertiary/aromatic N) is 2. The number of hydrogen-bond donors (Lipinski definition) is 1. The van der Waals surface area contributed by atoms with E-state index < -0.39 is 0 Å². The van der Waals surface area contributed by atoms with Crippen molar-refractivity contribution in [1.29, 1.82) is 0 Å². The van der Waals surface area contributed by atoms with Crippen LogP contribution in [0.2, 0.25) is 0 Å². The predicted octanol–water partition coefficient (Wildman–Crippen LogP) is 1.65. The van der Waals surface area contributed by atoms with Crippen LogP contribution in [0.1, 0.15) is 22.5 Å². The van der Waals surface area contributed by atoms with E-state index in [-0.39, 0.29) is 41.2 Å². The predicted molar refractivity (Wildman–Crippen MR) is 111 cm³/mol. The van der Waals surface area contributed by atoms with E-state index in [1.165, 1.54) is 0 Å². The number of amides is 1. The second-order valence-electron chi connectivity index (χ2n) is 8.78. The summed E-state index contributed by atoms with van der Waals surface area (Å²) in [4.78, 5) is 20.2. The van der Waals surface area contributed by atoms with Crippen molar-refractivity contribution in [3.8, 4) is 5.75 Å². The molecule has 0 radical (unpaired) electrons. The number of carbonyl (C=O) groups excluding carboxylic acids is 1. The number of aromatic nitrogens is 1. The smallest absolute Gasteiger partial charge is 0.270 e. The van der Waals surface area contributed by atoms with Gasteiger partial charge in [-0.3, -0.25) is 9.69 Å². The van der Waals surface area contributed by atoms with Gasteiger partial charge in [0, 0.05) is 31.6 Å². The molecule has 7 heteroatoms. The maximum atomic E-state index is 13.0. The number of methoxy groups -OCH3 is 3. The van der Waals surface area contributed by atoms with Gasteiger partial charge in [-0.2, -0.15) is 0 Å². The van der Waals surface area contributed by atoms with Crippen molar-refractivity contribution in [3.05, 3.63) is 48.2 Å². The van der Waals surface area contributed by atoms with Gasteiger partial charge in [0.2, 0.25) is 0 Å². The lowest BCUT2D eigenvalue weighted by Gasteiger charge is -2.34. The highest BCUT2D eigenvalue weighted by molar-refractivity contribution is 6.00. The molecule has 7 nitrogen and oxygen atoms in total. The Bertz CT molecular complexity index is 1100. The van der Waals surface area contributed by atoms with Gasteiger partial charge in [0.05, 0.1) is 30.2 Å². The van der Waals surface area contributed by atoms with E-state index >= 15 is 0 Å². The van der Waals surface area contributed by atoms with E-state index in [0.29, 0.717) is 5.69 Å². The topological polar surface area (TPSA) is 72.9 Å². The quantitative estimate of drug-likeness (QED) is 0.777. The van der Waals surface area contributed by atoms with E-state index in [0.717, 1.165) is 35.2 Å². The van der Waals surface area contributed by atoms with E-state index in [4.69, 9.17) is 19.2 Å². The first-order valence-electron chi connectivity index (χ1n) is 10.3. The summed E-state index contributed by atoms with van der Waals surface area (Å²) < 4.78 is 17.3. The Balaban J connectivity index is 1.58. The second kappa shape index (κ2) is 5.81. The van der Waals surface area contributed by atoms with Crippen LogP contribution in [-0.4, -0.2) is 73.5 Å². The molecule has 1 aliphatic carbocycles. The van der Waals surface area contributed by atoms with Crippen molar-refractivity contribution < 1.29 is 19.0 Å². The lowest BCUT2D eigenvalue weighted by atomic mass is 9.80. The van der Waals surface area contributed by atoms with Gasteiger partial charge < -0.3 is 19.5 Å². The SMILES string of the molecule is C=C[C@@H]1[C@@H](OC)[C@H](OC)C23CC24c2cc5cc(OC)ccc5nc2C(=O)N[C@H]4CN13. The highest BCUT2D eigenvalue weighted by Gasteiger charge is 2.87. The van der Waals surface area contributed by atoms with Crippen LogP contribution in [0.15, 0.2) is 36.9 Å². The Morgan fingerprint density at radius 1 is 1.27 bits per heavy atom. The summed E-state index contributed by atoms with van der Waals surface area (Å²) >= 11 is 0. The summed E-state index contributed by atoms with van der Waals surface area (Å²) in [5.74, 6) is 0.674. The molecule has 2 unspecified atom stereocenters. The first-order chi connectivity index (χ1) is 14.5. The minimum absolute atomic E-state index is 0.0141. The Kier molecular flexibility index (Phi) is 3.54. The minimum Gasteiger partial charge on any atom is -0.497 e. The molecule has 1 aromatic carbocycles. The summed E-state index contributed by atoms with van der Waals surface area (Å²) in [5, 5.41) is 4.23. The fourth-order valence-electron chi connectivity index (χ4n) is 6.77. The van der Waals surface area contributed by atoms with Crippen LogP contribution in [0.5, 0.6) is 5.75 Å². The van der Waals surface area contributed by atoms with Crippen molar-refractivity contribution in [3.63, 3.8) is 0 Å². The van der Waals surface area contributed by atoms with Gasteiger partial charge in [0.15, 0.2) is 0 Å². The third-order valence-electron chi connectivity index (χ3n) is 7.94. The molecule has 1 aromatic heterocycles. The van der Waals surface area contributed by atoms with Gasteiger partial charge in [0.25, 0.3) is 5.91 Å². The number of benzene rings is 1. The molecule has 0 bridgehead atoms. The maximum absolute atomic E-state index is 13.0. The summed E-state index contributed by atoms with van der Waals surface area (Å²) in [6.45, 7) is 4.81. The van der Waals surface area contributed by atoms with Crippen LogP contribution in [0.25, 0.3) is 10.9 Å². The summed E-state index contributed by atoms with van der Waals surface area (Å²) in [7, 11) is 5.14. The molecule has 2 spiro atoms. The molecule has 4 aliphatic rings. The summed E-state index contributed by atoms with van der Waals surface area (Å²) in [5.41, 5.74) is 1.85. The first-order valence-corrected chi connectivity index (χ1v) is 10.3. The van der Waals surface area contributed by atoms with Crippen LogP contribution in [0, 0.1) is 0 Å². The van der Waals surface area contributed by atoms with E-state index in [9.17, 15) is 4.79 Å². The Labute approximate surface area is 175 Å². The van der Waals surface area contributed by atoms with E-state index in [1.54, 1.807) is 21.3 Å². The minimum atomic E-state index is -0.240. The van der Waals surface area contributed by atoms with Crippen molar-refractivity contribution in [2.24, 2.45) is 0 Å². The number of piperidine rings is 1. The molecule has 2 saturated heterocycles. The normalized spacial score (nSPS) is 38.4. The second-order valence-corrected chi connectivity index (χ2v) is 8.78. The van der Waals surface area contributed by atoms with Crippen LogP contribution < -0.4 is 10.1 Å². The van der Waals surface area contributed by atoms with Gasteiger partial charge >= 0.3 is 0 Å². The molecular formula is C23H25N3O4. The van der Waals surface area contributed by atoms with Crippen LogP contribution >= 0.6 is 0 Å². The van der Waals surface area contributed by atoms with Crippen molar-refractivity contribution in [1.82, 2.24) is 15.2 Å². The molecule has 1 saturated carbocycles. The number of carbonyl (C=O) groups is 1. The zero-order valence-electron chi connectivity index (χ0n) is 17.3. The van der Waals surface area contributed by atoms with E-state index in [2.05, 4.69) is 22.9 Å².